The summed E-state index contributed by atoms with van der Waals surface area (Å²) in [6.07, 6.45) is 1.78. The second-order valence-electron chi connectivity index (χ2n) is 2.73. The highest BCUT2D eigenvalue weighted by Crippen LogP contribution is 2.15. The van der Waals surface area contributed by atoms with Crippen LogP contribution in [0.5, 0.6) is 0 Å². The Morgan fingerprint density at radius 3 is 2.29 bits per heavy atom. The van der Waals surface area contributed by atoms with Gasteiger partial charge in [-0.1, -0.05) is 6.08 Å². The molecule has 0 bridgehead atoms. The molecule has 0 saturated carbocycles. The second kappa shape index (κ2) is 4.00. The minimum absolute atomic E-state index is 0.299. The van der Waals surface area contributed by atoms with Crippen LogP contribution >= 0.6 is 0 Å². The van der Waals surface area contributed by atoms with Crippen molar-refractivity contribution in [3.63, 3.8) is 0 Å². The number of carboxylic acids is 1. The van der Waals surface area contributed by atoms with Crippen LogP contribution in [0.2, 0.25) is 0 Å². The summed E-state index contributed by atoms with van der Waals surface area (Å²) < 4.78 is 26.1. The maximum Gasteiger partial charge on any atom is 0.341 e. The van der Waals surface area contributed by atoms with Crippen LogP contribution in [0.4, 0.5) is 8.78 Å². The molecule has 1 rings (SSSR count). The summed E-state index contributed by atoms with van der Waals surface area (Å²) in [5.74, 6) is -3.73. The number of hydrogen-bond acceptors (Lipinski definition) is 1. The van der Waals surface area contributed by atoms with Crippen LogP contribution in [0.15, 0.2) is 24.8 Å². The zero-order chi connectivity index (χ0) is 10.7. The average molecular weight is 198 g/mol. The number of halogens is 2. The first-order chi connectivity index (χ1) is 6.56. The molecular weight excluding hydrogens is 190 g/mol. The van der Waals surface area contributed by atoms with Gasteiger partial charge in [0, 0.05) is 0 Å². The van der Waals surface area contributed by atoms with E-state index in [4.69, 9.17) is 5.11 Å². The summed E-state index contributed by atoms with van der Waals surface area (Å²) in [6.45, 7) is 3.41. The molecule has 0 saturated heterocycles. The van der Waals surface area contributed by atoms with Gasteiger partial charge in [-0.3, -0.25) is 0 Å². The largest absolute Gasteiger partial charge is 0.477 e. The zero-order valence-electron chi connectivity index (χ0n) is 7.26. The lowest BCUT2D eigenvalue weighted by molar-refractivity contribution is 0.0686. The third kappa shape index (κ3) is 1.96. The maximum atomic E-state index is 13.0. The molecule has 0 spiro atoms. The summed E-state index contributed by atoms with van der Waals surface area (Å²) in [7, 11) is 0. The van der Waals surface area contributed by atoms with Crippen molar-refractivity contribution in [3.8, 4) is 0 Å². The van der Waals surface area contributed by atoms with Gasteiger partial charge >= 0.3 is 5.97 Å². The van der Waals surface area contributed by atoms with Crippen LogP contribution in [0.1, 0.15) is 15.9 Å². The van der Waals surface area contributed by atoms with Crippen molar-refractivity contribution >= 4 is 5.97 Å². The van der Waals surface area contributed by atoms with Gasteiger partial charge in [-0.2, -0.15) is 0 Å². The molecule has 0 atom stereocenters. The van der Waals surface area contributed by atoms with Crippen molar-refractivity contribution in [1.29, 1.82) is 0 Å². The van der Waals surface area contributed by atoms with E-state index in [0.717, 1.165) is 12.1 Å². The second-order valence-corrected chi connectivity index (χ2v) is 2.73. The molecule has 0 radical (unpaired) electrons. The minimum atomic E-state index is -1.61. The first-order valence-electron chi connectivity index (χ1n) is 3.88. The average Bonchev–Trinajstić information content (AvgIpc) is 2.01. The summed E-state index contributed by atoms with van der Waals surface area (Å²) in [5.41, 5.74) is -0.558. The SMILES string of the molecule is C=CCc1cc(F)c(C(=O)O)c(F)c1. The predicted octanol–water partition coefficient (Wildman–Crippen LogP) is 2.39. The summed E-state index contributed by atoms with van der Waals surface area (Å²) in [6, 6.07) is 1.99. The predicted molar refractivity (Wildman–Crippen MR) is 47.2 cm³/mol. The molecule has 0 aliphatic carbocycles. The van der Waals surface area contributed by atoms with E-state index in [1.807, 2.05) is 0 Å². The molecule has 1 aromatic rings. The fraction of sp³-hybridized carbons (Fsp3) is 0.100. The molecule has 4 heteroatoms. The van der Waals surface area contributed by atoms with Gasteiger partial charge in [0.05, 0.1) is 0 Å². The lowest BCUT2D eigenvalue weighted by Gasteiger charge is -2.02. The standard InChI is InChI=1S/C10H8F2O2/c1-2-3-6-4-7(11)9(10(13)14)8(12)5-6/h2,4-5H,1,3H2,(H,13,14). The van der Waals surface area contributed by atoms with Crippen molar-refractivity contribution < 1.29 is 18.7 Å². The van der Waals surface area contributed by atoms with Crippen LogP contribution in [0, 0.1) is 11.6 Å². The molecule has 1 aromatic carbocycles. The highest BCUT2D eigenvalue weighted by atomic mass is 19.1. The molecule has 0 unspecified atom stereocenters. The van der Waals surface area contributed by atoms with Gasteiger partial charge in [0.1, 0.15) is 17.2 Å². The van der Waals surface area contributed by atoms with E-state index in [1.54, 1.807) is 0 Å². The first kappa shape index (κ1) is 10.4. The van der Waals surface area contributed by atoms with Crippen LogP contribution < -0.4 is 0 Å². The Morgan fingerprint density at radius 1 is 1.43 bits per heavy atom. The third-order valence-electron chi connectivity index (χ3n) is 1.70. The van der Waals surface area contributed by atoms with Crippen LogP contribution in [0.3, 0.4) is 0 Å². The smallest absolute Gasteiger partial charge is 0.341 e. The Morgan fingerprint density at radius 2 is 1.93 bits per heavy atom. The van der Waals surface area contributed by atoms with Gasteiger partial charge in [-0.25, -0.2) is 13.6 Å². The van der Waals surface area contributed by atoms with Crippen LogP contribution in [-0.2, 0) is 6.42 Å². The van der Waals surface area contributed by atoms with Gasteiger partial charge in [0.2, 0.25) is 0 Å². The Hall–Kier alpha value is -1.71. The van der Waals surface area contributed by atoms with Crippen molar-refractivity contribution in [3.05, 3.63) is 47.5 Å². The Bertz CT molecular complexity index is 363. The monoisotopic (exact) mass is 198 g/mol. The summed E-state index contributed by atoms with van der Waals surface area (Å²) in [4.78, 5) is 10.4. The quantitative estimate of drug-likeness (QED) is 0.757. The maximum absolute atomic E-state index is 13.0. The number of hydrogen-bond donors (Lipinski definition) is 1. The summed E-state index contributed by atoms with van der Waals surface area (Å²) >= 11 is 0. The van der Waals surface area contributed by atoms with Gasteiger partial charge in [-0.05, 0) is 24.1 Å². The van der Waals surface area contributed by atoms with Gasteiger partial charge < -0.3 is 5.11 Å². The minimum Gasteiger partial charge on any atom is -0.477 e. The van der Waals surface area contributed by atoms with E-state index in [1.165, 1.54) is 6.08 Å². The van der Waals surface area contributed by atoms with E-state index in [9.17, 15) is 13.6 Å². The lowest BCUT2D eigenvalue weighted by Crippen LogP contribution is -2.05. The van der Waals surface area contributed by atoms with Crippen LogP contribution in [-0.4, -0.2) is 11.1 Å². The van der Waals surface area contributed by atoms with Gasteiger partial charge in [-0.15, -0.1) is 6.58 Å². The molecule has 0 aliphatic heterocycles. The zero-order valence-corrected chi connectivity index (χ0v) is 7.26. The van der Waals surface area contributed by atoms with E-state index < -0.39 is 23.2 Å². The van der Waals surface area contributed by atoms with Gasteiger partial charge in [0.25, 0.3) is 0 Å². The highest BCUT2D eigenvalue weighted by molar-refractivity contribution is 5.88. The molecule has 74 valence electrons. The molecule has 0 amide bonds. The van der Waals surface area contributed by atoms with Crippen molar-refractivity contribution in [2.24, 2.45) is 0 Å². The number of rotatable bonds is 3. The molecule has 0 fully saturated rings. The van der Waals surface area contributed by atoms with E-state index in [-0.39, 0.29) is 0 Å². The van der Waals surface area contributed by atoms with Crippen LogP contribution in [0.25, 0.3) is 0 Å². The fourth-order valence-corrected chi connectivity index (χ4v) is 1.11. The molecular formula is C10H8F2O2. The summed E-state index contributed by atoms with van der Waals surface area (Å²) in [5, 5.41) is 8.47. The number of carboxylic acid groups (broad SMARTS) is 1. The van der Waals surface area contributed by atoms with Crippen molar-refractivity contribution in [2.75, 3.05) is 0 Å². The normalized spacial score (nSPS) is 9.86. The van der Waals surface area contributed by atoms with E-state index in [2.05, 4.69) is 6.58 Å². The topological polar surface area (TPSA) is 37.3 Å². The molecule has 0 aromatic heterocycles. The lowest BCUT2D eigenvalue weighted by atomic mass is 10.1. The number of aromatic carboxylic acids is 1. The van der Waals surface area contributed by atoms with E-state index >= 15 is 0 Å². The molecule has 0 aliphatic rings. The molecule has 1 N–H and O–H groups in total. The fourth-order valence-electron chi connectivity index (χ4n) is 1.11. The Kier molecular flexibility index (Phi) is 2.96. The van der Waals surface area contributed by atoms with Crippen molar-refractivity contribution in [2.45, 2.75) is 6.42 Å². The molecule has 0 heterocycles. The molecule has 14 heavy (non-hydrogen) atoms. The highest BCUT2D eigenvalue weighted by Gasteiger charge is 2.16. The number of carbonyl (C=O) groups is 1. The van der Waals surface area contributed by atoms with Crippen molar-refractivity contribution in [1.82, 2.24) is 0 Å². The van der Waals surface area contributed by atoms with E-state index in [0.29, 0.717) is 12.0 Å². The molecule has 2 nitrogen and oxygen atoms in total. The first-order valence-corrected chi connectivity index (χ1v) is 3.88. The Labute approximate surface area is 79.5 Å². The Balaban J connectivity index is 3.24. The number of benzene rings is 1. The third-order valence-corrected chi connectivity index (χ3v) is 1.70. The number of allylic oxidation sites excluding steroid dienone is 1. The van der Waals surface area contributed by atoms with Gasteiger partial charge in [0.15, 0.2) is 0 Å².